The number of thioether (sulfide) groups is 1. The van der Waals surface area contributed by atoms with E-state index < -0.39 is 0 Å². The number of anilines is 1. The van der Waals surface area contributed by atoms with Crippen molar-refractivity contribution in [2.24, 2.45) is 11.5 Å². The van der Waals surface area contributed by atoms with Crippen molar-refractivity contribution in [1.82, 2.24) is 0 Å². The second kappa shape index (κ2) is 5.08. The van der Waals surface area contributed by atoms with Gasteiger partial charge in [0.15, 0.2) is 0 Å². The van der Waals surface area contributed by atoms with Crippen LogP contribution >= 0.6 is 11.8 Å². The molecule has 1 aromatic carbocycles. The lowest BCUT2D eigenvalue weighted by Gasteiger charge is -2.20. The van der Waals surface area contributed by atoms with E-state index in [0.29, 0.717) is 5.75 Å². The molecule has 5 heteroatoms. The molecule has 5 N–H and O–H groups in total. The molecule has 0 fully saturated rings. The summed E-state index contributed by atoms with van der Waals surface area (Å²) >= 11 is 1.55. The Morgan fingerprint density at radius 2 is 2.24 bits per heavy atom. The molecule has 2 unspecified atom stereocenters. The molecule has 1 heterocycles. The van der Waals surface area contributed by atoms with Crippen LogP contribution in [-0.4, -0.2) is 17.7 Å². The minimum Gasteiger partial charge on any atom is -0.328 e. The van der Waals surface area contributed by atoms with Crippen LogP contribution in [0.15, 0.2) is 23.1 Å². The normalized spacial score (nSPS) is 18.2. The summed E-state index contributed by atoms with van der Waals surface area (Å²) in [5.74, 6) is 0.526. The Balaban J connectivity index is 2.20. The predicted octanol–water partition coefficient (Wildman–Crippen LogP) is 1.47. The summed E-state index contributed by atoms with van der Waals surface area (Å²) in [5.41, 5.74) is 13.7. The molecular formula is C12H17N3OS. The number of nitrogens with two attached hydrogens (primary N) is 2. The number of fused-ring (bicyclic) bond motifs is 1. The van der Waals surface area contributed by atoms with Gasteiger partial charge >= 0.3 is 0 Å². The van der Waals surface area contributed by atoms with E-state index in [2.05, 4.69) is 5.32 Å². The molecule has 0 spiro atoms. The van der Waals surface area contributed by atoms with E-state index in [9.17, 15) is 4.79 Å². The van der Waals surface area contributed by atoms with Crippen LogP contribution in [0.1, 0.15) is 24.9 Å². The van der Waals surface area contributed by atoms with Crippen molar-refractivity contribution in [3.05, 3.63) is 23.8 Å². The molecule has 1 aromatic rings. The largest absolute Gasteiger partial charge is 0.328 e. The maximum atomic E-state index is 11.3. The summed E-state index contributed by atoms with van der Waals surface area (Å²) in [6, 6.07) is 5.97. The van der Waals surface area contributed by atoms with Gasteiger partial charge in [-0.25, -0.2) is 0 Å². The van der Waals surface area contributed by atoms with Crippen LogP contribution in [0.4, 0.5) is 5.69 Å². The molecule has 2 atom stereocenters. The van der Waals surface area contributed by atoms with Gasteiger partial charge in [-0.15, -0.1) is 11.8 Å². The zero-order valence-electron chi connectivity index (χ0n) is 9.77. The van der Waals surface area contributed by atoms with Gasteiger partial charge in [0.1, 0.15) is 0 Å². The van der Waals surface area contributed by atoms with E-state index in [0.717, 1.165) is 22.6 Å². The minimum absolute atomic E-state index is 0.0421. The van der Waals surface area contributed by atoms with Crippen LogP contribution in [0.5, 0.6) is 0 Å². The molecule has 1 aliphatic heterocycles. The van der Waals surface area contributed by atoms with E-state index >= 15 is 0 Å². The van der Waals surface area contributed by atoms with Gasteiger partial charge < -0.3 is 16.8 Å². The van der Waals surface area contributed by atoms with E-state index in [4.69, 9.17) is 11.5 Å². The quantitative estimate of drug-likeness (QED) is 0.760. The summed E-state index contributed by atoms with van der Waals surface area (Å²) in [6.45, 7) is 1.94. The Morgan fingerprint density at radius 3 is 2.94 bits per heavy atom. The van der Waals surface area contributed by atoms with Gasteiger partial charge in [-0.1, -0.05) is 6.07 Å². The van der Waals surface area contributed by atoms with Crippen molar-refractivity contribution in [3.8, 4) is 0 Å². The smallest absolute Gasteiger partial charge is 0.234 e. The summed E-state index contributed by atoms with van der Waals surface area (Å²) < 4.78 is 0. The van der Waals surface area contributed by atoms with E-state index in [1.807, 2.05) is 25.1 Å². The van der Waals surface area contributed by atoms with Crippen molar-refractivity contribution in [1.29, 1.82) is 0 Å². The summed E-state index contributed by atoms with van der Waals surface area (Å²) in [5, 5.41) is 2.86. The highest BCUT2D eigenvalue weighted by Gasteiger charge is 2.17. The molecule has 0 radical (unpaired) electrons. The zero-order valence-corrected chi connectivity index (χ0v) is 10.6. The summed E-state index contributed by atoms with van der Waals surface area (Å²) in [4.78, 5) is 12.4. The minimum atomic E-state index is -0.0795. The fourth-order valence-electron chi connectivity index (χ4n) is 1.87. The second-order valence-corrected chi connectivity index (χ2v) is 5.43. The Hall–Kier alpha value is -1.04. The van der Waals surface area contributed by atoms with Gasteiger partial charge in [0.05, 0.1) is 11.4 Å². The van der Waals surface area contributed by atoms with Gasteiger partial charge in [-0.05, 0) is 31.0 Å². The third-order valence-corrected chi connectivity index (χ3v) is 3.76. The molecule has 92 valence electrons. The molecular weight excluding hydrogens is 234 g/mol. The fourth-order valence-corrected chi connectivity index (χ4v) is 2.66. The topological polar surface area (TPSA) is 81.1 Å². The molecule has 0 bridgehead atoms. The van der Waals surface area contributed by atoms with Gasteiger partial charge in [0.25, 0.3) is 0 Å². The maximum Gasteiger partial charge on any atom is 0.234 e. The van der Waals surface area contributed by atoms with Gasteiger partial charge in [0, 0.05) is 17.0 Å². The first kappa shape index (κ1) is 12.4. The van der Waals surface area contributed by atoms with Crippen molar-refractivity contribution in [3.63, 3.8) is 0 Å². The Morgan fingerprint density at radius 1 is 1.47 bits per heavy atom. The number of amides is 1. The van der Waals surface area contributed by atoms with Crippen LogP contribution in [0.3, 0.4) is 0 Å². The zero-order chi connectivity index (χ0) is 12.4. The number of carbonyl (C=O) groups is 1. The van der Waals surface area contributed by atoms with Gasteiger partial charge in [-0.2, -0.15) is 0 Å². The molecule has 0 saturated carbocycles. The van der Waals surface area contributed by atoms with Crippen LogP contribution in [-0.2, 0) is 4.79 Å². The molecule has 17 heavy (non-hydrogen) atoms. The van der Waals surface area contributed by atoms with E-state index in [-0.39, 0.29) is 18.0 Å². The molecule has 0 aromatic heterocycles. The molecule has 4 nitrogen and oxygen atoms in total. The van der Waals surface area contributed by atoms with Crippen LogP contribution < -0.4 is 16.8 Å². The Bertz CT molecular complexity index is 434. The number of hydrogen-bond acceptors (Lipinski definition) is 4. The molecule has 1 aliphatic rings. The number of carbonyl (C=O) groups excluding carboxylic acids is 1. The summed E-state index contributed by atoms with van der Waals surface area (Å²) in [7, 11) is 0. The lowest BCUT2D eigenvalue weighted by Crippen LogP contribution is -2.24. The number of rotatable bonds is 3. The van der Waals surface area contributed by atoms with Crippen LogP contribution in [0, 0.1) is 0 Å². The molecule has 0 saturated heterocycles. The molecule has 2 rings (SSSR count). The number of hydrogen-bond donors (Lipinski definition) is 3. The van der Waals surface area contributed by atoms with E-state index in [1.165, 1.54) is 0 Å². The molecule has 0 aliphatic carbocycles. The van der Waals surface area contributed by atoms with Crippen LogP contribution in [0.2, 0.25) is 0 Å². The average Bonchev–Trinajstić information content (AvgIpc) is 2.27. The maximum absolute atomic E-state index is 11.3. The predicted molar refractivity (Wildman–Crippen MR) is 71.0 cm³/mol. The first-order valence-electron chi connectivity index (χ1n) is 5.64. The lowest BCUT2D eigenvalue weighted by molar-refractivity contribution is -0.113. The molecule has 1 amide bonds. The monoisotopic (exact) mass is 251 g/mol. The number of benzene rings is 1. The average molecular weight is 251 g/mol. The first-order valence-corrected chi connectivity index (χ1v) is 6.62. The third-order valence-electron chi connectivity index (χ3n) is 2.69. The van der Waals surface area contributed by atoms with E-state index in [1.54, 1.807) is 11.8 Å². The second-order valence-electron chi connectivity index (χ2n) is 4.41. The van der Waals surface area contributed by atoms with Crippen molar-refractivity contribution < 1.29 is 4.79 Å². The van der Waals surface area contributed by atoms with Crippen molar-refractivity contribution in [2.75, 3.05) is 11.1 Å². The SMILES string of the molecule is CC(N)CC(N)c1ccc2c(c1)NC(=O)CS2. The standard InChI is InChI=1S/C12H17N3OS/c1-7(13)4-9(14)8-2-3-11-10(5-8)15-12(16)6-17-11/h2-3,5,7,9H,4,6,13-14H2,1H3,(H,15,16). The Labute approximate surface area is 105 Å². The fraction of sp³-hybridized carbons (Fsp3) is 0.417. The van der Waals surface area contributed by atoms with Crippen LogP contribution in [0.25, 0.3) is 0 Å². The van der Waals surface area contributed by atoms with Crippen molar-refractivity contribution in [2.45, 2.75) is 30.3 Å². The Kier molecular flexibility index (Phi) is 3.71. The highest BCUT2D eigenvalue weighted by molar-refractivity contribution is 8.00. The van der Waals surface area contributed by atoms with Gasteiger partial charge in [0.2, 0.25) is 5.91 Å². The third kappa shape index (κ3) is 3.00. The summed E-state index contributed by atoms with van der Waals surface area (Å²) in [6.07, 6.45) is 0.736. The van der Waals surface area contributed by atoms with Crippen molar-refractivity contribution >= 4 is 23.4 Å². The highest BCUT2D eigenvalue weighted by Crippen LogP contribution is 2.33. The highest BCUT2D eigenvalue weighted by atomic mass is 32.2. The first-order chi connectivity index (χ1) is 8.06. The van der Waals surface area contributed by atoms with Gasteiger partial charge in [-0.3, -0.25) is 4.79 Å². The lowest BCUT2D eigenvalue weighted by atomic mass is 10.0. The number of nitrogens with one attached hydrogen (secondary N) is 1.